The molecule has 0 radical (unpaired) electrons. The number of carbonyl (C=O) groups is 2. The van der Waals surface area contributed by atoms with Crippen LogP contribution in [0.15, 0.2) is 18.2 Å². The highest BCUT2D eigenvalue weighted by atomic mass is 16.5. The van der Waals surface area contributed by atoms with Gasteiger partial charge in [0, 0.05) is 30.6 Å². The summed E-state index contributed by atoms with van der Waals surface area (Å²) in [5.74, 6) is 0.787. The number of carbonyl (C=O) groups excluding carboxylic acids is 2. The van der Waals surface area contributed by atoms with Crippen LogP contribution in [0.5, 0.6) is 5.75 Å². The van der Waals surface area contributed by atoms with Gasteiger partial charge in [0.15, 0.2) is 11.9 Å². The van der Waals surface area contributed by atoms with Gasteiger partial charge < -0.3 is 14.4 Å². The van der Waals surface area contributed by atoms with Gasteiger partial charge in [0.25, 0.3) is 5.91 Å². The van der Waals surface area contributed by atoms with E-state index >= 15 is 0 Å². The highest BCUT2D eigenvalue weighted by molar-refractivity contribution is 6.01. The molecule has 1 aliphatic carbocycles. The minimum absolute atomic E-state index is 0.0276. The first-order chi connectivity index (χ1) is 10.2. The maximum Gasteiger partial charge on any atom is 0.263 e. The maximum atomic E-state index is 12.3. The van der Waals surface area contributed by atoms with E-state index in [4.69, 9.17) is 9.47 Å². The monoisotopic (exact) mass is 289 g/mol. The molecule has 1 aromatic carbocycles. The first kappa shape index (κ1) is 14.1. The fourth-order valence-corrected chi connectivity index (χ4v) is 2.85. The SMILES string of the molecule is CC(Oc1cccc2c1CCC2=O)C(=O)N1CCOCC1. The molecule has 1 atom stereocenters. The number of rotatable bonds is 3. The Morgan fingerprint density at radius 1 is 1.29 bits per heavy atom. The minimum Gasteiger partial charge on any atom is -0.481 e. The van der Waals surface area contributed by atoms with E-state index in [2.05, 4.69) is 0 Å². The summed E-state index contributed by atoms with van der Waals surface area (Å²) >= 11 is 0. The first-order valence-electron chi connectivity index (χ1n) is 7.35. The molecule has 0 aromatic heterocycles. The van der Waals surface area contributed by atoms with Crippen molar-refractivity contribution in [3.63, 3.8) is 0 Å². The molecule has 0 bridgehead atoms. The van der Waals surface area contributed by atoms with Crippen molar-refractivity contribution in [2.75, 3.05) is 26.3 Å². The Morgan fingerprint density at radius 3 is 2.81 bits per heavy atom. The van der Waals surface area contributed by atoms with Crippen LogP contribution in [0.3, 0.4) is 0 Å². The lowest BCUT2D eigenvalue weighted by Crippen LogP contribution is -2.46. The quantitative estimate of drug-likeness (QED) is 0.845. The maximum absolute atomic E-state index is 12.3. The molecule has 0 N–H and O–H groups in total. The van der Waals surface area contributed by atoms with Gasteiger partial charge in [-0.25, -0.2) is 0 Å². The number of morpholine rings is 1. The van der Waals surface area contributed by atoms with E-state index in [9.17, 15) is 9.59 Å². The Balaban J connectivity index is 1.72. The highest BCUT2D eigenvalue weighted by Crippen LogP contribution is 2.31. The fourth-order valence-electron chi connectivity index (χ4n) is 2.85. The Labute approximate surface area is 123 Å². The van der Waals surface area contributed by atoms with Crippen molar-refractivity contribution in [2.45, 2.75) is 25.9 Å². The number of ketones is 1. The van der Waals surface area contributed by atoms with Crippen molar-refractivity contribution in [3.8, 4) is 5.75 Å². The molecular formula is C16H19NO4. The molecule has 21 heavy (non-hydrogen) atoms. The second kappa shape index (κ2) is 5.85. The number of fused-ring (bicyclic) bond motifs is 1. The van der Waals surface area contributed by atoms with Crippen LogP contribution in [0.4, 0.5) is 0 Å². The molecule has 0 saturated carbocycles. The lowest BCUT2D eigenvalue weighted by molar-refractivity contribution is -0.142. The predicted octanol–water partition coefficient (Wildman–Crippen LogP) is 1.44. The standard InChI is InChI=1S/C16H19NO4/c1-11(16(19)17-7-9-20-10-8-17)21-15-4-2-3-12-13(15)5-6-14(12)18/h2-4,11H,5-10H2,1H3. The van der Waals surface area contributed by atoms with Gasteiger partial charge in [0.05, 0.1) is 13.2 Å². The molecule has 1 aliphatic heterocycles. The lowest BCUT2D eigenvalue weighted by Gasteiger charge is -2.29. The lowest BCUT2D eigenvalue weighted by atomic mass is 10.1. The molecule has 2 aliphatic rings. The van der Waals surface area contributed by atoms with Crippen LogP contribution in [0.25, 0.3) is 0 Å². The van der Waals surface area contributed by atoms with Crippen LogP contribution in [-0.4, -0.2) is 49.0 Å². The zero-order valence-corrected chi connectivity index (χ0v) is 12.1. The Kier molecular flexibility index (Phi) is 3.92. The molecule has 1 saturated heterocycles. The van der Waals surface area contributed by atoms with Crippen molar-refractivity contribution >= 4 is 11.7 Å². The molecule has 1 fully saturated rings. The molecule has 1 heterocycles. The predicted molar refractivity (Wildman–Crippen MR) is 76.6 cm³/mol. The number of benzene rings is 1. The summed E-state index contributed by atoms with van der Waals surface area (Å²) in [6.45, 7) is 4.13. The van der Waals surface area contributed by atoms with Crippen molar-refractivity contribution in [1.82, 2.24) is 4.90 Å². The third kappa shape index (κ3) is 2.78. The smallest absolute Gasteiger partial charge is 0.263 e. The Hall–Kier alpha value is -1.88. The van der Waals surface area contributed by atoms with Crippen molar-refractivity contribution in [3.05, 3.63) is 29.3 Å². The van der Waals surface area contributed by atoms with E-state index in [0.29, 0.717) is 44.9 Å². The van der Waals surface area contributed by atoms with E-state index in [1.165, 1.54) is 0 Å². The number of ether oxygens (including phenoxy) is 2. The first-order valence-corrected chi connectivity index (χ1v) is 7.35. The van der Waals surface area contributed by atoms with Gasteiger partial charge in [0.1, 0.15) is 5.75 Å². The number of hydrogen-bond donors (Lipinski definition) is 0. The summed E-state index contributed by atoms with van der Waals surface area (Å²) in [5, 5.41) is 0. The largest absolute Gasteiger partial charge is 0.481 e. The van der Waals surface area contributed by atoms with E-state index in [-0.39, 0.29) is 11.7 Å². The average molecular weight is 289 g/mol. The van der Waals surface area contributed by atoms with Crippen LogP contribution in [0.1, 0.15) is 29.3 Å². The zero-order chi connectivity index (χ0) is 14.8. The third-order valence-electron chi connectivity index (χ3n) is 4.01. The van der Waals surface area contributed by atoms with E-state index in [1.54, 1.807) is 11.8 Å². The summed E-state index contributed by atoms with van der Waals surface area (Å²) in [5.41, 5.74) is 1.67. The zero-order valence-electron chi connectivity index (χ0n) is 12.1. The topological polar surface area (TPSA) is 55.8 Å². The highest BCUT2D eigenvalue weighted by Gasteiger charge is 2.27. The molecule has 0 spiro atoms. The van der Waals surface area contributed by atoms with Crippen LogP contribution >= 0.6 is 0 Å². The molecular weight excluding hydrogens is 270 g/mol. The van der Waals surface area contributed by atoms with Crippen molar-refractivity contribution in [2.24, 2.45) is 0 Å². The molecule has 5 nitrogen and oxygen atoms in total. The van der Waals surface area contributed by atoms with E-state index < -0.39 is 6.10 Å². The number of Topliss-reactive ketones (excluding diaryl/α,β-unsaturated/α-hetero) is 1. The summed E-state index contributed by atoms with van der Waals surface area (Å²) in [6.07, 6.45) is 0.676. The normalized spacial score (nSPS) is 19.3. The van der Waals surface area contributed by atoms with Crippen LogP contribution < -0.4 is 4.74 Å². The van der Waals surface area contributed by atoms with E-state index in [0.717, 1.165) is 11.1 Å². The number of hydrogen-bond acceptors (Lipinski definition) is 4. The molecule has 1 unspecified atom stereocenters. The summed E-state index contributed by atoms with van der Waals surface area (Å²) in [7, 11) is 0. The van der Waals surface area contributed by atoms with Crippen LogP contribution in [-0.2, 0) is 16.0 Å². The van der Waals surface area contributed by atoms with Gasteiger partial charge in [-0.3, -0.25) is 9.59 Å². The van der Waals surface area contributed by atoms with Gasteiger partial charge in [-0.15, -0.1) is 0 Å². The average Bonchev–Trinajstić information content (AvgIpc) is 2.90. The van der Waals surface area contributed by atoms with Gasteiger partial charge in [-0.1, -0.05) is 12.1 Å². The van der Waals surface area contributed by atoms with Crippen molar-refractivity contribution in [1.29, 1.82) is 0 Å². The Bertz CT molecular complexity index is 563. The molecule has 112 valence electrons. The number of amides is 1. The Morgan fingerprint density at radius 2 is 2.05 bits per heavy atom. The summed E-state index contributed by atoms with van der Waals surface area (Å²) < 4.78 is 11.1. The number of nitrogens with zero attached hydrogens (tertiary/aromatic N) is 1. The summed E-state index contributed by atoms with van der Waals surface area (Å²) in [6, 6.07) is 5.47. The minimum atomic E-state index is -0.551. The molecule has 5 heteroatoms. The summed E-state index contributed by atoms with van der Waals surface area (Å²) in [4.78, 5) is 25.9. The van der Waals surface area contributed by atoms with Gasteiger partial charge in [-0.05, 0) is 19.4 Å². The van der Waals surface area contributed by atoms with Crippen molar-refractivity contribution < 1.29 is 19.1 Å². The second-order valence-corrected chi connectivity index (χ2v) is 5.40. The van der Waals surface area contributed by atoms with Gasteiger partial charge in [0.2, 0.25) is 0 Å². The second-order valence-electron chi connectivity index (χ2n) is 5.40. The molecule has 1 amide bonds. The van der Waals surface area contributed by atoms with Crippen LogP contribution in [0, 0.1) is 0 Å². The van der Waals surface area contributed by atoms with Gasteiger partial charge >= 0.3 is 0 Å². The molecule has 3 rings (SSSR count). The molecule has 1 aromatic rings. The third-order valence-corrected chi connectivity index (χ3v) is 4.01. The fraction of sp³-hybridized carbons (Fsp3) is 0.500. The van der Waals surface area contributed by atoms with Crippen LogP contribution in [0.2, 0.25) is 0 Å². The van der Waals surface area contributed by atoms with Gasteiger partial charge in [-0.2, -0.15) is 0 Å². The van der Waals surface area contributed by atoms with E-state index in [1.807, 2.05) is 18.2 Å².